The van der Waals surface area contributed by atoms with Crippen LogP contribution in [0.25, 0.3) is 11.3 Å². The lowest BCUT2D eigenvalue weighted by molar-refractivity contribution is 0.415. The molecule has 0 amide bonds. The maximum absolute atomic E-state index is 5.49. The number of rotatable bonds is 6. The smallest absolute Gasteiger partial charge is 0.118 e. The van der Waals surface area contributed by atoms with Crippen molar-refractivity contribution in [2.75, 3.05) is 13.7 Å². The lowest BCUT2D eigenvalue weighted by Gasteiger charge is -2.06. The van der Waals surface area contributed by atoms with Crippen LogP contribution in [0.3, 0.4) is 0 Å². The van der Waals surface area contributed by atoms with Crippen molar-refractivity contribution in [1.29, 1.82) is 0 Å². The fraction of sp³-hybridized carbons (Fsp3) is 0.385. The molecule has 0 fully saturated rings. The van der Waals surface area contributed by atoms with Crippen LogP contribution in [0.5, 0.6) is 5.75 Å². The third-order valence-electron chi connectivity index (χ3n) is 2.83. The topological polar surface area (TPSA) is 66.0 Å². The Kier molecular flexibility index (Phi) is 4.30. The molecule has 1 aromatic carbocycles. The molecule has 0 saturated heterocycles. The number of hydrogen-bond donors (Lipinski definition) is 1. The van der Waals surface area contributed by atoms with Crippen LogP contribution in [0.15, 0.2) is 30.5 Å². The quantitative estimate of drug-likeness (QED) is 0.788. The van der Waals surface area contributed by atoms with E-state index < -0.39 is 0 Å². The van der Waals surface area contributed by atoms with Crippen LogP contribution in [0.1, 0.15) is 12.8 Å². The molecule has 5 nitrogen and oxygen atoms in total. The first-order valence-electron chi connectivity index (χ1n) is 6.08. The second kappa shape index (κ2) is 6.16. The third-order valence-corrected chi connectivity index (χ3v) is 2.83. The Morgan fingerprint density at radius 1 is 1.22 bits per heavy atom. The first-order valence-corrected chi connectivity index (χ1v) is 6.08. The van der Waals surface area contributed by atoms with E-state index in [0.717, 1.165) is 36.4 Å². The fourth-order valence-electron chi connectivity index (χ4n) is 1.81. The van der Waals surface area contributed by atoms with E-state index in [0.29, 0.717) is 6.54 Å². The van der Waals surface area contributed by atoms with Crippen LogP contribution in [-0.2, 0) is 6.54 Å². The molecule has 0 unspecified atom stereocenters. The molecule has 2 rings (SSSR count). The molecule has 2 N–H and O–H groups in total. The highest BCUT2D eigenvalue weighted by atomic mass is 16.5. The van der Waals surface area contributed by atoms with E-state index in [1.807, 2.05) is 28.9 Å². The van der Waals surface area contributed by atoms with Crippen molar-refractivity contribution in [3.63, 3.8) is 0 Å². The monoisotopic (exact) mass is 246 g/mol. The minimum atomic E-state index is 0.715. The van der Waals surface area contributed by atoms with Gasteiger partial charge in [0.2, 0.25) is 0 Å². The Morgan fingerprint density at radius 2 is 2.00 bits per heavy atom. The largest absolute Gasteiger partial charge is 0.497 e. The molecule has 5 heteroatoms. The van der Waals surface area contributed by atoms with Gasteiger partial charge in [-0.25, -0.2) is 4.68 Å². The number of aromatic nitrogens is 3. The lowest BCUT2D eigenvalue weighted by atomic mass is 10.1. The summed E-state index contributed by atoms with van der Waals surface area (Å²) >= 11 is 0. The third kappa shape index (κ3) is 2.87. The van der Waals surface area contributed by atoms with Crippen LogP contribution in [0.4, 0.5) is 0 Å². The average molecular weight is 246 g/mol. The minimum Gasteiger partial charge on any atom is -0.497 e. The summed E-state index contributed by atoms with van der Waals surface area (Å²) in [5.74, 6) is 0.848. The zero-order valence-electron chi connectivity index (χ0n) is 10.5. The highest BCUT2D eigenvalue weighted by Gasteiger charge is 2.06. The molecule has 2 aromatic rings. The van der Waals surface area contributed by atoms with Gasteiger partial charge in [0.25, 0.3) is 0 Å². The van der Waals surface area contributed by atoms with Gasteiger partial charge >= 0.3 is 0 Å². The normalized spacial score (nSPS) is 10.6. The standard InChI is InChI=1S/C13H18N4O/c1-18-12-6-4-11(5-7-12)13-10-15-16-17(13)9-3-2-8-14/h4-7,10H,2-3,8-9,14H2,1H3. The number of nitrogens with zero attached hydrogens (tertiary/aromatic N) is 3. The van der Waals surface area contributed by atoms with Crippen LogP contribution in [0.2, 0.25) is 0 Å². The van der Waals surface area contributed by atoms with Crippen molar-refractivity contribution < 1.29 is 4.74 Å². The van der Waals surface area contributed by atoms with Gasteiger partial charge in [-0.3, -0.25) is 0 Å². The fourth-order valence-corrected chi connectivity index (χ4v) is 1.81. The maximum atomic E-state index is 5.49. The molecule has 0 atom stereocenters. The van der Waals surface area contributed by atoms with Crippen molar-refractivity contribution in [1.82, 2.24) is 15.0 Å². The molecular formula is C13H18N4O. The molecule has 0 aliphatic heterocycles. The van der Waals surface area contributed by atoms with Crippen LogP contribution in [-0.4, -0.2) is 28.6 Å². The summed E-state index contributed by atoms with van der Waals surface area (Å²) in [5, 5.41) is 8.07. The minimum absolute atomic E-state index is 0.715. The summed E-state index contributed by atoms with van der Waals surface area (Å²) < 4.78 is 7.06. The molecule has 1 aromatic heterocycles. The van der Waals surface area contributed by atoms with Gasteiger partial charge in [0.1, 0.15) is 5.75 Å². The first kappa shape index (κ1) is 12.6. The van der Waals surface area contributed by atoms with E-state index in [1.54, 1.807) is 13.3 Å². The van der Waals surface area contributed by atoms with Gasteiger partial charge in [-0.1, -0.05) is 5.21 Å². The molecule has 0 aliphatic carbocycles. The van der Waals surface area contributed by atoms with E-state index >= 15 is 0 Å². The summed E-state index contributed by atoms with van der Waals surface area (Å²) in [6.45, 7) is 1.56. The number of benzene rings is 1. The Morgan fingerprint density at radius 3 is 2.67 bits per heavy atom. The predicted octanol–water partition coefficient (Wildman–Crippen LogP) is 1.69. The zero-order valence-corrected chi connectivity index (χ0v) is 10.5. The summed E-state index contributed by atoms with van der Waals surface area (Å²) in [5.41, 5.74) is 7.60. The summed E-state index contributed by atoms with van der Waals surface area (Å²) in [4.78, 5) is 0. The SMILES string of the molecule is COc1ccc(-c2cnnn2CCCCN)cc1. The predicted molar refractivity (Wildman–Crippen MR) is 70.3 cm³/mol. The Bertz CT molecular complexity index is 478. The molecule has 1 heterocycles. The van der Waals surface area contributed by atoms with Gasteiger partial charge in [0, 0.05) is 12.1 Å². The summed E-state index contributed by atoms with van der Waals surface area (Å²) in [6, 6.07) is 7.90. The number of aryl methyl sites for hydroxylation is 1. The van der Waals surface area contributed by atoms with E-state index in [-0.39, 0.29) is 0 Å². The second-order valence-corrected chi connectivity index (χ2v) is 4.07. The zero-order chi connectivity index (χ0) is 12.8. The van der Waals surface area contributed by atoms with Gasteiger partial charge in [-0.15, -0.1) is 5.10 Å². The molecule has 0 bridgehead atoms. The van der Waals surface area contributed by atoms with Gasteiger partial charge in [-0.2, -0.15) is 0 Å². The molecule has 18 heavy (non-hydrogen) atoms. The van der Waals surface area contributed by atoms with Crippen molar-refractivity contribution in [3.8, 4) is 17.0 Å². The second-order valence-electron chi connectivity index (χ2n) is 4.07. The number of nitrogens with two attached hydrogens (primary N) is 1. The van der Waals surface area contributed by atoms with E-state index in [1.165, 1.54) is 0 Å². The lowest BCUT2D eigenvalue weighted by Crippen LogP contribution is -2.05. The van der Waals surface area contributed by atoms with Gasteiger partial charge in [0.05, 0.1) is 19.0 Å². The molecule has 96 valence electrons. The molecule has 0 saturated carbocycles. The van der Waals surface area contributed by atoms with Crippen molar-refractivity contribution >= 4 is 0 Å². The van der Waals surface area contributed by atoms with Gasteiger partial charge < -0.3 is 10.5 Å². The molecule has 0 aliphatic rings. The van der Waals surface area contributed by atoms with Crippen molar-refractivity contribution in [2.45, 2.75) is 19.4 Å². The van der Waals surface area contributed by atoms with Gasteiger partial charge in [0.15, 0.2) is 0 Å². The number of ether oxygens (including phenoxy) is 1. The van der Waals surface area contributed by atoms with E-state index in [9.17, 15) is 0 Å². The molecular weight excluding hydrogens is 228 g/mol. The molecule has 0 radical (unpaired) electrons. The van der Waals surface area contributed by atoms with Crippen molar-refractivity contribution in [2.24, 2.45) is 5.73 Å². The number of hydrogen-bond acceptors (Lipinski definition) is 4. The van der Waals surface area contributed by atoms with E-state index in [4.69, 9.17) is 10.5 Å². The Labute approximate surface area is 107 Å². The number of methoxy groups -OCH3 is 1. The summed E-state index contributed by atoms with van der Waals surface area (Å²) in [6.07, 6.45) is 3.80. The van der Waals surface area contributed by atoms with Gasteiger partial charge in [-0.05, 0) is 43.7 Å². The molecule has 0 spiro atoms. The Hall–Kier alpha value is -1.88. The van der Waals surface area contributed by atoms with E-state index in [2.05, 4.69) is 10.3 Å². The average Bonchev–Trinajstić information content (AvgIpc) is 2.88. The first-order chi connectivity index (χ1) is 8.85. The number of unbranched alkanes of at least 4 members (excludes halogenated alkanes) is 1. The van der Waals surface area contributed by atoms with Crippen LogP contribution < -0.4 is 10.5 Å². The van der Waals surface area contributed by atoms with Crippen LogP contribution >= 0.6 is 0 Å². The maximum Gasteiger partial charge on any atom is 0.118 e. The Balaban J connectivity index is 2.14. The highest BCUT2D eigenvalue weighted by molar-refractivity contribution is 5.59. The van der Waals surface area contributed by atoms with Crippen molar-refractivity contribution in [3.05, 3.63) is 30.5 Å². The highest BCUT2D eigenvalue weighted by Crippen LogP contribution is 2.21. The summed E-state index contributed by atoms with van der Waals surface area (Å²) in [7, 11) is 1.66. The van der Waals surface area contributed by atoms with Crippen LogP contribution in [0, 0.1) is 0 Å².